The van der Waals surface area contributed by atoms with E-state index in [1.54, 1.807) is 7.11 Å². The van der Waals surface area contributed by atoms with E-state index in [-0.39, 0.29) is 12.8 Å². The van der Waals surface area contributed by atoms with Gasteiger partial charge in [0.25, 0.3) is 5.69 Å². The zero-order chi connectivity index (χ0) is 25.3. The molecule has 0 amide bonds. The van der Waals surface area contributed by atoms with Crippen LogP contribution >= 0.6 is 0 Å². The number of H-pyrrole nitrogens is 1. The molecule has 0 spiro atoms. The number of hydrogen-bond acceptors (Lipinski definition) is 4. The second-order valence-electron chi connectivity index (χ2n) is 9.77. The maximum atomic E-state index is 13.1. The summed E-state index contributed by atoms with van der Waals surface area (Å²) in [5.74, 6) is 0.491. The number of ether oxygens (including phenoxy) is 3. The van der Waals surface area contributed by atoms with Crippen molar-refractivity contribution in [2.45, 2.75) is 52.6 Å². The van der Waals surface area contributed by atoms with Crippen molar-refractivity contribution in [1.29, 1.82) is 0 Å². The van der Waals surface area contributed by atoms with Crippen LogP contribution in [0.25, 0.3) is 22.4 Å². The Morgan fingerprint density at radius 3 is 2.31 bits per heavy atom. The first-order chi connectivity index (χ1) is 16.8. The monoisotopic (exact) mass is 490 g/mol. The Balaban J connectivity index is 2.14. The quantitative estimate of drug-likeness (QED) is 0.253. The first-order valence-electron chi connectivity index (χ1n) is 12.4. The molecule has 0 radical (unpaired) electrons. The predicted molar refractivity (Wildman–Crippen MR) is 142 cm³/mol. The van der Waals surface area contributed by atoms with Crippen LogP contribution in [0.1, 0.15) is 50.7 Å². The lowest BCUT2D eigenvalue weighted by Gasteiger charge is -2.37. The topological polar surface area (TPSA) is 58.9 Å². The number of methoxy groups -OCH3 is 1. The fourth-order valence-electron chi connectivity index (χ4n) is 6.00. The maximum Gasteiger partial charge on any atom is 0.403 e. The van der Waals surface area contributed by atoms with Gasteiger partial charge in [0.2, 0.25) is 5.69 Å². The highest BCUT2D eigenvalue weighted by Crippen LogP contribution is 2.45. The fourth-order valence-corrected chi connectivity index (χ4v) is 12.4. The Morgan fingerprint density at radius 1 is 1.03 bits per heavy atom. The molecule has 2 aromatic carbocycles. The molecule has 0 fully saturated rings. The van der Waals surface area contributed by atoms with Gasteiger partial charge >= 0.3 is 5.97 Å². The third kappa shape index (κ3) is 3.98. The summed E-state index contributed by atoms with van der Waals surface area (Å²) in [6.45, 7) is 13.8. The van der Waals surface area contributed by atoms with Crippen molar-refractivity contribution < 1.29 is 24.0 Å². The van der Waals surface area contributed by atoms with Gasteiger partial charge in [-0.3, -0.25) is 0 Å². The van der Waals surface area contributed by atoms with E-state index in [1.807, 2.05) is 38.1 Å². The molecule has 0 unspecified atom stereocenters. The number of fused-ring (bicyclic) bond motifs is 3. The second-order valence-corrected chi connectivity index (χ2v) is 14.9. The molecule has 0 bridgehead atoms. The van der Waals surface area contributed by atoms with Crippen LogP contribution in [-0.4, -0.2) is 34.6 Å². The number of hydrogen-bond donors (Lipinski definition) is 0. The molecule has 2 heterocycles. The van der Waals surface area contributed by atoms with Crippen molar-refractivity contribution in [2.24, 2.45) is 0 Å². The summed E-state index contributed by atoms with van der Waals surface area (Å²) >= 11 is 0. The lowest BCUT2D eigenvalue weighted by Crippen LogP contribution is -2.61. The molecule has 35 heavy (non-hydrogen) atoms. The Morgan fingerprint density at radius 2 is 1.71 bits per heavy atom. The summed E-state index contributed by atoms with van der Waals surface area (Å²) in [4.78, 5) is 16.7. The normalized spacial score (nSPS) is 13.6. The summed E-state index contributed by atoms with van der Waals surface area (Å²) in [6.07, 6.45) is 0. The summed E-state index contributed by atoms with van der Waals surface area (Å²) in [5, 5.41) is 2.74. The lowest BCUT2D eigenvalue weighted by atomic mass is 9.97. The van der Waals surface area contributed by atoms with Gasteiger partial charge in [0.15, 0.2) is 6.79 Å². The van der Waals surface area contributed by atoms with Gasteiger partial charge < -0.3 is 14.2 Å². The van der Waals surface area contributed by atoms with Gasteiger partial charge in [-0.15, -0.1) is 0 Å². The van der Waals surface area contributed by atoms with Gasteiger partial charge in [-0.25, -0.2) is 4.79 Å². The number of carbonyl (C=O) groups excluding carboxylic acids is 1. The predicted octanol–water partition coefficient (Wildman–Crippen LogP) is 5.00. The molecule has 1 aliphatic heterocycles. The third-order valence-corrected chi connectivity index (χ3v) is 13.6. The number of aromatic nitrogens is 1. The van der Waals surface area contributed by atoms with Gasteiger partial charge in [-0.05, 0) is 65.5 Å². The molecule has 0 saturated heterocycles. The summed E-state index contributed by atoms with van der Waals surface area (Å²) < 4.78 is 16.5. The third-order valence-electron chi connectivity index (χ3n) is 7.33. The van der Waals surface area contributed by atoms with Gasteiger partial charge in [-0.1, -0.05) is 52.0 Å². The highest BCUT2D eigenvalue weighted by molar-refractivity contribution is 7.08. The molecule has 0 aliphatic carbocycles. The zero-order valence-corrected chi connectivity index (χ0v) is 22.8. The minimum absolute atomic E-state index is 0.207. The van der Waals surface area contributed by atoms with Crippen LogP contribution in [0.5, 0.6) is 5.75 Å². The molecule has 1 aromatic heterocycles. The Kier molecular flexibility index (Phi) is 7.15. The maximum absolute atomic E-state index is 13.1. The average molecular weight is 491 g/mol. The van der Waals surface area contributed by atoms with E-state index in [2.05, 4.69) is 56.9 Å². The number of benzene rings is 2. The minimum Gasteiger partial charge on any atom is -0.468 e. The zero-order valence-electron chi connectivity index (χ0n) is 21.8. The highest BCUT2D eigenvalue weighted by Gasteiger charge is 2.55. The average Bonchev–Trinajstić information content (AvgIpc) is 3.15. The minimum atomic E-state index is -2.34. The van der Waals surface area contributed by atoms with E-state index in [9.17, 15) is 4.79 Å². The van der Waals surface area contributed by atoms with Crippen molar-refractivity contribution in [3.8, 4) is 28.1 Å². The molecule has 3 aromatic rings. The van der Waals surface area contributed by atoms with E-state index in [0.29, 0.717) is 23.4 Å². The van der Waals surface area contributed by atoms with Gasteiger partial charge in [0, 0.05) is 23.4 Å². The number of nitrogens with one attached hydrogen (secondary N) is 1. The van der Waals surface area contributed by atoms with E-state index in [1.165, 1.54) is 21.5 Å². The molecular formula is C29H36NO4Si+. The van der Waals surface area contributed by atoms with Gasteiger partial charge in [0.05, 0.1) is 6.61 Å². The number of carbonyl (C=O) groups is 1. The van der Waals surface area contributed by atoms with E-state index >= 15 is 0 Å². The molecule has 1 N–H and O–H groups in total. The van der Waals surface area contributed by atoms with Crippen LogP contribution < -0.4 is 20.1 Å². The van der Waals surface area contributed by atoms with Crippen molar-refractivity contribution in [2.75, 3.05) is 20.5 Å². The van der Waals surface area contributed by atoms with E-state index in [4.69, 9.17) is 14.2 Å². The van der Waals surface area contributed by atoms with Crippen LogP contribution in [0.2, 0.25) is 11.1 Å². The van der Waals surface area contributed by atoms with E-state index in [0.717, 1.165) is 22.6 Å². The number of esters is 1. The Hall–Kier alpha value is -2.96. The SMILES string of the molecule is CCOC(=O)c1[nH+]c(-c2ccccc2)c2c(c1C)-c1ccc(OCOC)cc1[Si]2(C(C)C)C(C)C. The first kappa shape index (κ1) is 25.1. The molecule has 184 valence electrons. The summed E-state index contributed by atoms with van der Waals surface area (Å²) in [6, 6.07) is 16.7. The molecular weight excluding hydrogens is 454 g/mol. The van der Waals surface area contributed by atoms with Crippen molar-refractivity contribution >= 4 is 24.4 Å². The molecule has 0 atom stereocenters. The van der Waals surface area contributed by atoms with Crippen LogP contribution in [0.15, 0.2) is 48.5 Å². The van der Waals surface area contributed by atoms with Crippen LogP contribution in [0.4, 0.5) is 0 Å². The van der Waals surface area contributed by atoms with Crippen molar-refractivity contribution in [3.05, 3.63) is 59.8 Å². The fraction of sp³-hybridized carbons (Fsp3) is 0.379. The largest absolute Gasteiger partial charge is 0.468 e. The molecule has 6 heteroatoms. The summed E-state index contributed by atoms with van der Waals surface area (Å²) in [7, 11) is -0.706. The smallest absolute Gasteiger partial charge is 0.403 e. The highest BCUT2D eigenvalue weighted by atomic mass is 28.3. The van der Waals surface area contributed by atoms with Crippen LogP contribution in [-0.2, 0) is 9.47 Å². The molecule has 1 aliphatic rings. The summed E-state index contributed by atoms with van der Waals surface area (Å²) in [5.41, 5.74) is 6.79. The van der Waals surface area contributed by atoms with Crippen LogP contribution in [0, 0.1) is 6.92 Å². The van der Waals surface area contributed by atoms with Gasteiger partial charge in [0.1, 0.15) is 13.8 Å². The van der Waals surface area contributed by atoms with E-state index < -0.39 is 8.07 Å². The number of aromatic amines is 1. The van der Waals surface area contributed by atoms with Crippen molar-refractivity contribution in [3.63, 3.8) is 0 Å². The first-order valence-corrected chi connectivity index (χ1v) is 14.5. The standard InChI is InChI=1S/C29H35NO4Si/c1-8-33-29(31)26-20(6)25-23-15-14-22(34-17-32-7)16-24(23)35(18(2)3,19(4)5)28(25)27(30-26)21-12-10-9-11-13-21/h9-16,18-19H,8,17H2,1-7H3/p+1. The van der Waals surface area contributed by atoms with Crippen molar-refractivity contribution in [1.82, 2.24) is 0 Å². The lowest BCUT2D eigenvalue weighted by molar-refractivity contribution is -0.370. The number of pyridine rings is 1. The Bertz CT molecular complexity index is 1230. The van der Waals surface area contributed by atoms with Crippen LogP contribution in [0.3, 0.4) is 0 Å². The number of rotatable bonds is 8. The van der Waals surface area contributed by atoms with Gasteiger partial charge in [-0.2, -0.15) is 4.98 Å². The molecule has 4 rings (SSSR count). The second kappa shape index (κ2) is 9.95. The molecule has 5 nitrogen and oxygen atoms in total. The Labute approximate surface area is 209 Å². The molecule has 0 saturated carbocycles.